The maximum atomic E-state index is 8.82. The largest absolute Gasteiger partial charge is 0.192 e. The van der Waals surface area contributed by atoms with E-state index in [-0.39, 0.29) is 0 Å². The summed E-state index contributed by atoms with van der Waals surface area (Å²) in [6.45, 7) is 2.07. The van der Waals surface area contributed by atoms with Gasteiger partial charge in [0.15, 0.2) is 0 Å². The van der Waals surface area contributed by atoms with E-state index in [1.165, 1.54) is 16.7 Å². The van der Waals surface area contributed by atoms with Crippen LogP contribution in [0.25, 0.3) is 0 Å². The number of nitrogens with zero attached hydrogens (tertiary/aromatic N) is 1. The zero-order valence-electron chi connectivity index (χ0n) is 10.4. The minimum Gasteiger partial charge on any atom is -0.192 e. The Morgan fingerprint density at radius 3 is 2.50 bits per heavy atom. The van der Waals surface area contributed by atoms with Crippen LogP contribution in [0.15, 0.2) is 48.5 Å². The third-order valence-electron chi connectivity index (χ3n) is 2.84. The third kappa shape index (κ3) is 3.38. The molecule has 0 amide bonds. The van der Waals surface area contributed by atoms with Crippen molar-refractivity contribution in [2.45, 2.75) is 18.4 Å². The molecular weight excluding hydrogens is 238 g/mol. The fourth-order valence-electron chi connectivity index (χ4n) is 1.78. The molecule has 0 unspecified atom stereocenters. The van der Waals surface area contributed by atoms with Crippen molar-refractivity contribution in [2.24, 2.45) is 0 Å². The first-order valence-corrected chi connectivity index (χ1v) is 7.06. The fourth-order valence-corrected chi connectivity index (χ4v) is 2.85. The number of hydrogen-bond donors (Lipinski definition) is 0. The predicted molar refractivity (Wildman–Crippen MR) is 77.3 cm³/mol. The molecule has 0 fully saturated rings. The molecule has 0 aliphatic carbocycles. The summed E-state index contributed by atoms with van der Waals surface area (Å²) in [5.74, 6) is 2.02. The zero-order valence-corrected chi connectivity index (χ0v) is 11.2. The van der Waals surface area contributed by atoms with Crippen molar-refractivity contribution in [1.29, 1.82) is 5.26 Å². The van der Waals surface area contributed by atoms with Crippen molar-refractivity contribution in [1.82, 2.24) is 0 Å². The van der Waals surface area contributed by atoms with E-state index in [9.17, 15) is 0 Å². The summed E-state index contributed by atoms with van der Waals surface area (Å²) < 4.78 is 0. The van der Waals surface area contributed by atoms with Gasteiger partial charge >= 0.3 is 0 Å². The lowest BCUT2D eigenvalue weighted by molar-refractivity contribution is 1.28. The minimum atomic E-state index is 0.740. The average Bonchev–Trinajstić information content (AvgIpc) is 2.42. The predicted octanol–water partition coefficient (Wildman–Crippen LogP) is 4.30. The van der Waals surface area contributed by atoms with Crippen molar-refractivity contribution in [3.05, 3.63) is 70.8 Å². The number of rotatable bonds is 4. The van der Waals surface area contributed by atoms with Crippen molar-refractivity contribution in [2.75, 3.05) is 0 Å². The molecule has 0 radical (unpaired) electrons. The van der Waals surface area contributed by atoms with Crippen LogP contribution in [0.3, 0.4) is 0 Å². The minimum absolute atomic E-state index is 0.740. The second-order valence-corrected chi connectivity index (χ2v) is 5.22. The van der Waals surface area contributed by atoms with Gasteiger partial charge in [-0.25, -0.2) is 0 Å². The van der Waals surface area contributed by atoms with Crippen LogP contribution in [-0.4, -0.2) is 0 Å². The smallest absolute Gasteiger partial charge is 0.0991 e. The number of benzene rings is 2. The Kier molecular flexibility index (Phi) is 4.44. The van der Waals surface area contributed by atoms with E-state index in [1.54, 1.807) is 0 Å². The highest BCUT2D eigenvalue weighted by Crippen LogP contribution is 2.20. The Morgan fingerprint density at radius 1 is 1.06 bits per heavy atom. The van der Waals surface area contributed by atoms with E-state index in [0.717, 1.165) is 17.1 Å². The Hall–Kier alpha value is -1.72. The van der Waals surface area contributed by atoms with Gasteiger partial charge in [-0.15, -0.1) is 0 Å². The summed E-state index contributed by atoms with van der Waals surface area (Å²) in [5, 5.41) is 8.82. The molecule has 2 aromatic carbocycles. The van der Waals surface area contributed by atoms with Gasteiger partial charge in [-0.05, 0) is 35.7 Å². The summed E-state index contributed by atoms with van der Waals surface area (Å²) in [6, 6.07) is 18.6. The van der Waals surface area contributed by atoms with Crippen LogP contribution in [0.1, 0.15) is 22.3 Å². The first kappa shape index (κ1) is 12.7. The molecule has 0 saturated carbocycles. The molecule has 0 saturated heterocycles. The van der Waals surface area contributed by atoms with Crippen LogP contribution >= 0.6 is 11.8 Å². The maximum absolute atomic E-state index is 8.82. The summed E-state index contributed by atoms with van der Waals surface area (Å²) in [7, 11) is 0. The highest BCUT2D eigenvalue weighted by atomic mass is 32.2. The molecule has 0 heterocycles. The normalized spacial score (nSPS) is 10.0. The van der Waals surface area contributed by atoms with Crippen molar-refractivity contribution in [3.8, 4) is 6.07 Å². The Labute approximate surface area is 112 Å². The monoisotopic (exact) mass is 253 g/mol. The molecule has 18 heavy (non-hydrogen) atoms. The van der Waals surface area contributed by atoms with E-state index >= 15 is 0 Å². The van der Waals surface area contributed by atoms with E-state index in [1.807, 2.05) is 30.0 Å². The van der Waals surface area contributed by atoms with E-state index in [4.69, 9.17) is 5.26 Å². The van der Waals surface area contributed by atoms with Crippen LogP contribution in [0.2, 0.25) is 0 Å². The van der Waals surface area contributed by atoms with Gasteiger partial charge in [-0.3, -0.25) is 0 Å². The molecule has 0 aliphatic rings. The fraction of sp³-hybridized carbons (Fsp3) is 0.188. The number of hydrogen-bond acceptors (Lipinski definition) is 2. The first-order valence-electron chi connectivity index (χ1n) is 5.91. The second-order valence-electron chi connectivity index (χ2n) is 4.23. The molecule has 0 bridgehead atoms. The first-order chi connectivity index (χ1) is 8.79. The van der Waals surface area contributed by atoms with Crippen LogP contribution in [0.4, 0.5) is 0 Å². The van der Waals surface area contributed by atoms with Crippen molar-refractivity contribution in [3.63, 3.8) is 0 Å². The number of nitriles is 1. The quantitative estimate of drug-likeness (QED) is 0.811. The molecule has 0 aromatic heterocycles. The van der Waals surface area contributed by atoms with E-state index < -0.39 is 0 Å². The molecule has 0 atom stereocenters. The van der Waals surface area contributed by atoms with Gasteiger partial charge in [0.1, 0.15) is 0 Å². The van der Waals surface area contributed by atoms with Gasteiger partial charge in [0, 0.05) is 11.5 Å². The summed E-state index contributed by atoms with van der Waals surface area (Å²) in [6.07, 6.45) is 0. The highest BCUT2D eigenvalue weighted by molar-refractivity contribution is 7.97. The van der Waals surface area contributed by atoms with Crippen LogP contribution in [0, 0.1) is 18.3 Å². The molecule has 0 spiro atoms. The zero-order chi connectivity index (χ0) is 12.8. The molecule has 0 aliphatic heterocycles. The third-order valence-corrected chi connectivity index (χ3v) is 3.89. The second kappa shape index (κ2) is 6.28. The molecule has 2 heteroatoms. The van der Waals surface area contributed by atoms with E-state index in [2.05, 4.69) is 43.3 Å². The van der Waals surface area contributed by atoms with Crippen molar-refractivity contribution < 1.29 is 0 Å². The van der Waals surface area contributed by atoms with E-state index in [0.29, 0.717) is 0 Å². The molecule has 2 rings (SSSR count). The number of aryl methyl sites for hydroxylation is 1. The summed E-state index contributed by atoms with van der Waals surface area (Å²) in [4.78, 5) is 0. The Bertz CT molecular complexity index is 555. The Balaban J connectivity index is 1.93. The van der Waals surface area contributed by atoms with Gasteiger partial charge in [-0.1, -0.05) is 36.4 Å². The highest BCUT2D eigenvalue weighted by Gasteiger charge is 2.00. The molecular formula is C16H15NS. The van der Waals surface area contributed by atoms with Gasteiger partial charge in [0.05, 0.1) is 11.6 Å². The van der Waals surface area contributed by atoms with Crippen LogP contribution in [-0.2, 0) is 11.5 Å². The van der Waals surface area contributed by atoms with Gasteiger partial charge in [0.2, 0.25) is 0 Å². The summed E-state index contributed by atoms with van der Waals surface area (Å²) >= 11 is 1.90. The average molecular weight is 253 g/mol. The summed E-state index contributed by atoms with van der Waals surface area (Å²) in [5.41, 5.74) is 4.61. The van der Waals surface area contributed by atoms with Gasteiger partial charge in [-0.2, -0.15) is 17.0 Å². The standard InChI is InChI=1S/C16H15NS/c1-13-9-15(10-17)7-8-16(13)12-18-11-14-5-3-2-4-6-14/h2-9H,11-12H2,1H3. The lowest BCUT2D eigenvalue weighted by atomic mass is 10.1. The molecule has 1 nitrogen and oxygen atoms in total. The SMILES string of the molecule is Cc1cc(C#N)ccc1CSCc1ccccc1. The van der Waals surface area contributed by atoms with Crippen LogP contribution < -0.4 is 0 Å². The number of thioether (sulfide) groups is 1. The van der Waals surface area contributed by atoms with Gasteiger partial charge in [0.25, 0.3) is 0 Å². The lowest BCUT2D eigenvalue weighted by Crippen LogP contribution is -1.89. The molecule has 2 aromatic rings. The van der Waals surface area contributed by atoms with Gasteiger partial charge < -0.3 is 0 Å². The molecule has 90 valence electrons. The van der Waals surface area contributed by atoms with Crippen LogP contribution in [0.5, 0.6) is 0 Å². The Morgan fingerprint density at radius 2 is 1.83 bits per heavy atom. The lowest BCUT2D eigenvalue weighted by Gasteiger charge is -2.06. The topological polar surface area (TPSA) is 23.8 Å². The molecule has 0 N–H and O–H groups in total. The maximum Gasteiger partial charge on any atom is 0.0991 e. The van der Waals surface area contributed by atoms with Crippen molar-refractivity contribution >= 4 is 11.8 Å².